The zero-order chi connectivity index (χ0) is 21.0. The van der Waals surface area contributed by atoms with Crippen molar-refractivity contribution in [2.75, 3.05) is 46.4 Å². The summed E-state index contributed by atoms with van der Waals surface area (Å²) in [5.74, 6) is -0.891. The van der Waals surface area contributed by atoms with Crippen LogP contribution in [-0.4, -0.2) is 82.7 Å². The summed E-state index contributed by atoms with van der Waals surface area (Å²) in [4.78, 5) is 38.4. The summed E-state index contributed by atoms with van der Waals surface area (Å²) in [6.07, 6.45) is 1.64. The van der Waals surface area contributed by atoms with Crippen LogP contribution in [0.5, 0.6) is 5.88 Å². The molecule has 3 rings (SSSR count). The van der Waals surface area contributed by atoms with Gasteiger partial charge < -0.3 is 19.4 Å². The molecule has 0 aliphatic carbocycles. The average Bonchev–Trinajstić information content (AvgIpc) is 3.35. The van der Waals surface area contributed by atoms with E-state index in [4.69, 9.17) is 9.15 Å². The van der Waals surface area contributed by atoms with E-state index in [1.54, 1.807) is 22.8 Å². The molecule has 0 radical (unpaired) electrons. The molecule has 0 aromatic carbocycles. The maximum absolute atomic E-state index is 12.7. The van der Waals surface area contributed by atoms with E-state index in [1.165, 1.54) is 13.2 Å². The lowest BCUT2D eigenvalue weighted by atomic mass is 10.2. The number of aromatic nitrogens is 2. The Kier molecular flexibility index (Phi) is 6.12. The number of hydrogen-bond donors (Lipinski definition) is 1. The van der Waals surface area contributed by atoms with E-state index in [9.17, 15) is 19.7 Å². The highest BCUT2D eigenvalue weighted by atomic mass is 16.6. The van der Waals surface area contributed by atoms with Gasteiger partial charge in [-0.3, -0.25) is 29.3 Å². The molecule has 12 nitrogen and oxygen atoms in total. The lowest BCUT2D eigenvalue weighted by molar-refractivity contribution is -0.402. The van der Waals surface area contributed by atoms with Gasteiger partial charge in [0.2, 0.25) is 5.88 Å². The third-order valence-electron chi connectivity index (χ3n) is 4.59. The normalized spacial score (nSPS) is 14.6. The topological polar surface area (TPSA) is 136 Å². The van der Waals surface area contributed by atoms with Gasteiger partial charge in [0.25, 0.3) is 11.8 Å². The van der Waals surface area contributed by atoms with Gasteiger partial charge in [-0.05, 0) is 6.07 Å². The Balaban J connectivity index is 1.43. The molecule has 29 heavy (non-hydrogen) atoms. The summed E-state index contributed by atoms with van der Waals surface area (Å²) < 4.78 is 11.6. The van der Waals surface area contributed by atoms with Crippen molar-refractivity contribution in [3.8, 4) is 5.88 Å². The standard InChI is InChI=1S/C17H22N6O6/c1-20-11-12(16(19-20)28-2)17(25)22-9-7-21(8-10-22)6-5-18-15(24)13-3-4-14(29-13)23(26)27/h3-4,11H,5-10H2,1-2H3,(H,18,24). The smallest absolute Gasteiger partial charge is 0.433 e. The Morgan fingerprint density at radius 1 is 1.31 bits per heavy atom. The highest BCUT2D eigenvalue weighted by Gasteiger charge is 2.26. The molecule has 1 fully saturated rings. The van der Waals surface area contributed by atoms with Crippen molar-refractivity contribution in [3.63, 3.8) is 0 Å². The molecule has 2 aromatic heterocycles. The van der Waals surface area contributed by atoms with E-state index in [1.807, 2.05) is 0 Å². The predicted molar refractivity (Wildman–Crippen MR) is 99.8 cm³/mol. The first kappa shape index (κ1) is 20.3. The van der Waals surface area contributed by atoms with Crippen molar-refractivity contribution in [3.05, 3.63) is 39.8 Å². The van der Waals surface area contributed by atoms with Crippen LogP contribution in [0, 0.1) is 10.1 Å². The fraction of sp³-hybridized carbons (Fsp3) is 0.471. The maximum Gasteiger partial charge on any atom is 0.433 e. The fourth-order valence-corrected chi connectivity index (χ4v) is 3.07. The number of amides is 2. The minimum absolute atomic E-state index is 0.0995. The summed E-state index contributed by atoms with van der Waals surface area (Å²) in [6.45, 7) is 3.38. The van der Waals surface area contributed by atoms with Gasteiger partial charge in [0, 0.05) is 52.5 Å². The number of nitro groups is 1. The van der Waals surface area contributed by atoms with Crippen LogP contribution >= 0.6 is 0 Å². The van der Waals surface area contributed by atoms with Crippen LogP contribution in [0.1, 0.15) is 20.9 Å². The van der Waals surface area contributed by atoms with E-state index in [2.05, 4.69) is 15.3 Å². The summed E-state index contributed by atoms with van der Waals surface area (Å²) in [6, 6.07) is 2.41. The van der Waals surface area contributed by atoms with Crippen LogP contribution in [0.2, 0.25) is 0 Å². The third kappa shape index (κ3) is 4.71. The number of ether oxygens (including phenoxy) is 1. The van der Waals surface area contributed by atoms with Crippen molar-refractivity contribution >= 4 is 17.7 Å². The van der Waals surface area contributed by atoms with E-state index in [-0.39, 0.29) is 11.7 Å². The van der Waals surface area contributed by atoms with Gasteiger partial charge in [-0.2, -0.15) is 0 Å². The first-order valence-corrected chi connectivity index (χ1v) is 9.00. The van der Waals surface area contributed by atoms with Gasteiger partial charge in [0.15, 0.2) is 5.76 Å². The number of rotatable bonds is 7. The zero-order valence-electron chi connectivity index (χ0n) is 16.2. The molecule has 2 amide bonds. The summed E-state index contributed by atoms with van der Waals surface area (Å²) in [7, 11) is 3.21. The van der Waals surface area contributed by atoms with Crippen molar-refractivity contribution in [1.82, 2.24) is 24.9 Å². The first-order valence-electron chi connectivity index (χ1n) is 9.00. The summed E-state index contributed by atoms with van der Waals surface area (Å²) >= 11 is 0. The Labute approximate surface area is 166 Å². The molecular formula is C17H22N6O6. The minimum atomic E-state index is -0.696. The molecule has 0 atom stereocenters. The van der Waals surface area contributed by atoms with Gasteiger partial charge in [0.1, 0.15) is 10.5 Å². The van der Waals surface area contributed by atoms with E-state index >= 15 is 0 Å². The molecule has 0 saturated carbocycles. The number of furan rings is 1. The van der Waals surface area contributed by atoms with E-state index < -0.39 is 16.7 Å². The Bertz CT molecular complexity index is 898. The van der Waals surface area contributed by atoms with E-state index in [0.717, 1.165) is 6.07 Å². The molecule has 12 heteroatoms. The molecule has 1 saturated heterocycles. The van der Waals surface area contributed by atoms with Gasteiger partial charge in [-0.1, -0.05) is 0 Å². The maximum atomic E-state index is 12.7. The zero-order valence-corrected chi connectivity index (χ0v) is 16.2. The van der Waals surface area contributed by atoms with Gasteiger partial charge in [-0.15, -0.1) is 5.10 Å². The number of hydrogen-bond acceptors (Lipinski definition) is 8. The SMILES string of the molecule is COc1nn(C)cc1C(=O)N1CCN(CCNC(=O)c2ccc([N+](=O)[O-])o2)CC1. The number of piperazine rings is 1. The predicted octanol–water partition coefficient (Wildman–Crippen LogP) is 0.118. The van der Waals surface area contributed by atoms with Crippen LogP contribution < -0.4 is 10.1 Å². The fourth-order valence-electron chi connectivity index (χ4n) is 3.07. The molecular weight excluding hydrogens is 384 g/mol. The molecule has 0 unspecified atom stereocenters. The van der Waals surface area contributed by atoms with Crippen molar-refractivity contribution < 1.29 is 23.7 Å². The van der Waals surface area contributed by atoms with Crippen molar-refractivity contribution in [2.24, 2.45) is 7.05 Å². The summed E-state index contributed by atoms with van der Waals surface area (Å²) in [5, 5.41) is 17.4. The van der Waals surface area contributed by atoms with Crippen LogP contribution in [0.4, 0.5) is 5.88 Å². The van der Waals surface area contributed by atoms with Crippen LogP contribution in [0.3, 0.4) is 0 Å². The summed E-state index contributed by atoms with van der Waals surface area (Å²) in [5.41, 5.74) is 0.434. The van der Waals surface area contributed by atoms with Crippen LogP contribution in [0.25, 0.3) is 0 Å². The number of nitrogens with zero attached hydrogens (tertiary/aromatic N) is 5. The molecule has 2 aromatic rings. The second-order valence-corrected chi connectivity index (χ2v) is 6.51. The Morgan fingerprint density at radius 3 is 2.66 bits per heavy atom. The largest absolute Gasteiger partial charge is 0.479 e. The quantitative estimate of drug-likeness (QED) is 0.506. The lowest BCUT2D eigenvalue weighted by Crippen LogP contribution is -2.50. The second kappa shape index (κ2) is 8.73. The lowest BCUT2D eigenvalue weighted by Gasteiger charge is -2.34. The molecule has 3 heterocycles. The second-order valence-electron chi connectivity index (χ2n) is 6.51. The van der Waals surface area contributed by atoms with Gasteiger partial charge in [0.05, 0.1) is 13.2 Å². The first-order chi connectivity index (χ1) is 13.9. The highest BCUT2D eigenvalue weighted by Crippen LogP contribution is 2.18. The molecule has 1 aliphatic heterocycles. The number of carbonyl (C=O) groups excluding carboxylic acids is 2. The van der Waals surface area contributed by atoms with Gasteiger partial charge in [-0.25, -0.2) is 0 Å². The van der Waals surface area contributed by atoms with Crippen molar-refractivity contribution in [1.29, 1.82) is 0 Å². The molecule has 1 N–H and O–H groups in total. The molecule has 0 spiro atoms. The van der Waals surface area contributed by atoms with E-state index in [0.29, 0.717) is 50.7 Å². The minimum Gasteiger partial charge on any atom is -0.479 e. The molecule has 1 aliphatic rings. The monoisotopic (exact) mass is 406 g/mol. The van der Waals surface area contributed by atoms with Crippen molar-refractivity contribution in [2.45, 2.75) is 0 Å². The molecule has 0 bridgehead atoms. The number of methoxy groups -OCH3 is 1. The van der Waals surface area contributed by atoms with Crippen LogP contribution in [-0.2, 0) is 7.05 Å². The van der Waals surface area contributed by atoms with Crippen LogP contribution in [0.15, 0.2) is 22.7 Å². The third-order valence-corrected chi connectivity index (χ3v) is 4.59. The Morgan fingerprint density at radius 2 is 2.03 bits per heavy atom. The number of aryl methyl sites for hydroxylation is 1. The molecule has 156 valence electrons. The average molecular weight is 406 g/mol. The Hall–Kier alpha value is -3.41. The highest BCUT2D eigenvalue weighted by molar-refractivity contribution is 5.96. The number of carbonyl (C=O) groups is 2. The van der Waals surface area contributed by atoms with Gasteiger partial charge >= 0.3 is 5.88 Å². The number of nitrogens with one attached hydrogen (secondary N) is 1.